The fraction of sp³-hybridized carbons (Fsp3) is 0.385. The van der Waals surface area contributed by atoms with E-state index in [9.17, 15) is 9.18 Å². The highest BCUT2D eigenvalue weighted by Gasteiger charge is 2.26. The van der Waals surface area contributed by atoms with Crippen LogP contribution >= 0.6 is 0 Å². The number of nitrogens with zero attached hydrogens (tertiary/aromatic N) is 5. The molecule has 194 valence electrons. The van der Waals surface area contributed by atoms with Crippen molar-refractivity contribution >= 4 is 10.9 Å². The van der Waals surface area contributed by atoms with Gasteiger partial charge in [0.2, 0.25) is 0 Å². The molecule has 5 rings (SSSR count). The highest BCUT2D eigenvalue weighted by molar-refractivity contribution is 5.83. The third-order valence-corrected chi connectivity index (χ3v) is 6.45. The Morgan fingerprint density at radius 1 is 1.14 bits per heavy atom. The first-order valence-corrected chi connectivity index (χ1v) is 12.2. The molecular weight excluding hydrogens is 479 g/mol. The molecule has 10 nitrogen and oxygen atoms in total. The molecule has 0 aliphatic carbocycles. The molecule has 1 N–H and O–H groups in total. The first-order chi connectivity index (χ1) is 18.1. The fourth-order valence-electron chi connectivity index (χ4n) is 4.62. The second-order valence-electron chi connectivity index (χ2n) is 8.92. The Hall–Kier alpha value is -3.83. The van der Waals surface area contributed by atoms with Crippen molar-refractivity contribution in [1.82, 2.24) is 30.1 Å². The van der Waals surface area contributed by atoms with E-state index in [1.807, 2.05) is 19.1 Å². The summed E-state index contributed by atoms with van der Waals surface area (Å²) in [5, 5.41) is 13.2. The molecule has 1 aliphatic heterocycles. The van der Waals surface area contributed by atoms with Crippen molar-refractivity contribution in [2.24, 2.45) is 0 Å². The highest BCUT2D eigenvalue weighted by atomic mass is 19.1. The van der Waals surface area contributed by atoms with Gasteiger partial charge in [-0.2, -0.15) is 0 Å². The summed E-state index contributed by atoms with van der Waals surface area (Å²) in [6.07, 6.45) is 0.693. The van der Waals surface area contributed by atoms with Gasteiger partial charge in [0.25, 0.3) is 5.56 Å². The molecule has 0 saturated carbocycles. The number of hydrogen-bond acceptors (Lipinski definition) is 8. The highest BCUT2D eigenvalue weighted by Crippen LogP contribution is 2.34. The number of pyridine rings is 1. The summed E-state index contributed by atoms with van der Waals surface area (Å²) in [4.78, 5) is 18.3. The SMILES string of the molecule is CCC(c1nnnn1CCOC)N(Cc1ccc(F)cc1)Cc1cc2cc3c(cc2[nH]c1=O)OCCO3. The summed E-state index contributed by atoms with van der Waals surface area (Å²) in [7, 11) is 1.63. The predicted octanol–water partition coefficient (Wildman–Crippen LogP) is 3.22. The van der Waals surface area contributed by atoms with Crippen LogP contribution in [0.5, 0.6) is 11.5 Å². The minimum absolute atomic E-state index is 0.192. The second kappa shape index (κ2) is 11.1. The Morgan fingerprint density at radius 2 is 1.89 bits per heavy atom. The number of aromatic amines is 1. The zero-order valence-electron chi connectivity index (χ0n) is 20.8. The minimum Gasteiger partial charge on any atom is -0.486 e. The number of aromatic nitrogens is 5. The van der Waals surface area contributed by atoms with Crippen LogP contribution in [0, 0.1) is 5.82 Å². The predicted molar refractivity (Wildman–Crippen MR) is 134 cm³/mol. The molecule has 0 saturated heterocycles. The quantitative estimate of drug-likeness (QED) is 0.348. The number of fused-ring (bicyclic) bond motifs is 2. The van der Waals surface area contributed by atoms with Gasteiger partial charge in [0.15, 0.2) is 17.3 Å². The zero-order chi connectivity index (χ0) is 25.8. The molecule has 0 spiro atoms. The standard InChI is InChI=1S/C26H29FN6O4/c1-3-22(25-29-30-31-33(25)8-9-35-2)32(15-17-4-6-20(27)7-5-17)16-19-12-18-13-23-24(37-11-10-36-23)14-21(18)28-26(19)34/h4-7,12-14,22H,3,8-11,15-16H2,1-2H3,(H,28,34). The molecule has 0 fully saturated rings. The Kier molecular flexibility index (Phi) is 7.42. The molecule has 1 atom stereocenters. The van der Waals surface area contributed by atoms with E-state index in [2.05, 4.69) is 25.4 Å². The van der Waals surface area contributed by atoms with Crippen molar-refractivity contribution in [2.45, 2.75) is 39.0 Å². The van der Waals surface area contributed by atoms with Crippen LogP contribution in [0.15, 0.2) is 47.3 Å². The van der Waals surface area contributed by atoms with E-state index in [0.717, 1.165) is 10.9 Å². The van der Waals surface area contributed by atoms with Gasteiger partial charge in [-0.15, -0.1) is 5.10 Å². The van der Waals surface area contributed by atoms with Gasteiger partial charge < -0.3 is 19.2 Å². The second-order valence-corrected chi connectivity index (χ2v) is 8.92. The van der Waals surface area contributed by atoms with Crippen LogP contribution in [0.1, 0.15) is 36.3 Å². The smallest absolute Gasteiger partial charge is 0.252 e. The van der Waals surface area contributed by atoms with Crippen molar-refractivity contribution in [3.05, 3.63) is 75.6 Å². The first-order valence-electron chi connectivity index (χ1n) is 12.2. The van der Waals surface area contributed by atoms with E-state index >= 15 is 0 Å². The summed E-state index contributed by atoms with van der Waals surface area (Å²) in [5.41, 5.74) is 1.98. The first kappa shape index (κ1) is 24.8. The number of ether oxygens (including phenoxy) is 3. The number of nitrogens with one attached hydrogen (secondary N) is 1. The molecule has 2 aromatic carbocycles. The van der Waals surface area contributed by atoms with Gasteiger partial charge in [-0.1, -0.05) is 19.1 Å². The lowest BCUT2D eigenvalue weighted by atomic mass is 10.1. The third kappa shape index (κ3) is 5.47. The molecule has 3 heterocycles. The summed E-state index contributed by atoms with van der Waals surface area (Å²) >= 11 is 0. The lowest BCUT2D eigenvalue weighted by molar-refractivity contribution is 0.150. The van der Waals surface area contributed by atoms with Crippen molar-refractivity contribution in [1.29, 1.82) is 0 Å². The molecular formula is C26H29FN6O4. The maximum absolute atomic E-state index is 13.6. The van der Waals surface area contributed by atoms with Crippen LogP contribution in [0.4, 0.5) is 4.39 Å². The zero-order valence-corrected chi connectivity index (χ0v) is 20.8. The van der Waals surface area contributed by atoms with E-state index in [4.69, 9.17) is 14.2 Å². The Morgan fingerprint density at radius 3 is 2.62 bits per heavy atom. The van der Waals surface area contributed by atoms with Gasteiger partial charge in [0.1, 0.15) is 19.0 Å². The summed E-state index contributed by atoms with van der Waals surface area (Å²) in [6, 6.07) is 11.7. The van der Waals surface area contributed by atoms with Crippen molar-refractivity contribution in [3.8, 4) is 11.5 Å². The van der Waals surface area contributed by atoms with E-state index in [-0.39, 0.29) is 17.4 Å². The number of H-pyrrole nitrogens is 1. The van der Waals surface area contributed by atoms with Gasteiger partial charge in [-0.3, -0.25) is 9.69 Å². The average molecular weight is 509 g/mol. The lowest BCUT2D eigenvalue weighted by Crippen LogP contribution is -2.32. The molecule has 0 radical (unpaired) electrons. The number of benzene rings is 2. The number of methoxy groups -OCH3 is 1. The van der Waals surface area contributed by atoms with Crippen LogP contribution in [0.2, 0.25) is 0 Å². The Labute approximate surface area is 213 Å². The van der Waals surface area contributed by atoms with E-state index in [1.54, 1.807) is 30.0 Å². The molecule has 4 aromatic rings. The third-order valence-electron chi connectivity index (χ3n) is 6.45. The number of tetrazole rings is 1. The molecule has 1 unspecified atom stereocenters. The van der Waals surface area contributed by atoms with Crippen LogP contribution in [0.25, 0.3) is 10.9 Å². The van der Waals surface area contributed by atoms with Crippen LogP contribution in [0.3, 0.4) is 0 Å². The Bertz CT molecular complexity index is 1420. The fourth-order valence-corrected chi connectivity index (χ4v) is 4.62. The average Bonchev–Trinajstić information content (AvgIpc) is 3.36. The molecule has 0 amide bonds. The van der Waals surface area contributed by atoms with E-state index in [0.29, 0.717) is 74.3 Å². The van der Waals surface area contributed by atoms with Crippen LogP contribution in [-0.4, -0.2) is 57.0 Å². The van der Waals surface area contributed by atoms with Gasteiger partial charge in [0, 0.05) is 37.2 Å². The molecule has 2 aromatic heterocycles. The van der Waals surface area contributed by atoms with Crippen LogP contribution in [-0.2, 0) is 24.4 Å². The van der Waals surface area contributed by atoms with Crippen molar-refractivity contribution < 1.29 is 18.6 Å². The number of hydrogen-bond donors (Lipinski definition) is 1. The van der Waals surface area contributed by atoms with Gasteiger partial charge in [-0.25, -0.2) is 9.07 Å². The van der Waals surface area contributed by atoms with E-state index < -0.39 is 0 Å². The van der Waals surface area contributed by atoms with Crippen molar-refractivity contribution in [2.75, 3.05) is 26.9 Å². The molecule has 37 heavy (non-hydrogen) atoms. The van der Waals surface area contributed by atoms with E-state index in [1.165, 1.54) is 12.1 Å². The van der Waals surface area contributed by atoms with Crippen LogP contribution < -0.4 is 15.0 Å². The Balaban J connectivity index is 1.52. The summed E-state index contributed by atoms with van der Waals surface area (Å²) in [6.45, 7) is 4.76. The topological polar surface area (TPSA) is 107 Å². The number of rotatable bonds is 10. The number of halogens is 1. The minimum atomic E-state index is -0.300. The maximum atomic E-state index is 13.6. The summed E-state index contributed by atoms with van der Waals surface area (Å²) in [5.74, 6) is 1.66. The normalized spacial score (nSPS) is 13.8. The monoisotopic (exact) mass is 508 g/mol. The lowest BCUT2D eigenvalue weighted by Gasteiger charge is -2.30. The molecule has 1 aliphatic rings. The maximum Gasteiger partial charge on any atom is 0.252 e. The van der Waals surface area contributed by atoms with Crippen molar-refractivity contribution in [3.63, 3.8) is 0 Å². The summed E-state index contributed by atoms with van der Waals surface area (Å²) < 4.78 is 31.9. The molecule has 11 heteroatoms. The van der Waals surface area contributed by atoms with Gasteiger partial charge in [0.05, 0.1) is 24.7 Å². The van der Waals surface area contributed by atoms with Gasteiger partial charge in [-0.05, 0) is 46.7 Å². The molecule has 0 bridgehead atoms. The largest absolute Gasteiger partial charge is 0.486 e. The van der Waals surface area contributed by atoms with Gasteiger partial charge >= 0.3 is 0 Å².